The first kappa shape index (κ1) is 46.0. The third-order valence-electron chi connectivity index (χ3n) is 6.71. The fourth-order valence-corrected chi connectivity index (χ4v) is 4.38. The Bertz CT molecular complexity index is 1160. The lowest BCUT2D eigenvalue weighted by Crippen LogP contribution is -3.00. The maximum Gasteiger partial charge on any atom is 0.137 e. The van der Waals surface area contributed by atoms with Gasteiger partial charge in [-0.3, -0.25) is 9.29 Å². The van der Waals surface area contributed by atoms with Crippen molar-refractivity contribution in [3.63, 3.8) is 0 Å². The van der Waals surface area contributed by atoms with E-state index >= 15 is 0 Å². The number of alkyl halides is 3. The van der Waals surface area contributed by atoms with E-state index in [1.54, 1.807) is 0 Å². The lowest BCUT2D eigenvalue weighted by molar-refractivity contribution is -0.675. The third-order valence-corrected chi connectivity index (χ3v) is 7.01. The summed E-state index contributed by atoms with van der Waals surface area (Å²) in [5, 5.41) is 5.90. The molecule has 0 amide bonds. The van der Waals surface area contributed by atoms with Gasteiger partial charge in [-0.25, -0.2) is 4.39 Å². The molecule has 0 radical (unpaired) electrons. The molecule has 3 aromatic rings. The lowest BCUT2D eigenvalue weighted by Gasteiger charge is -2.26. The first-order chi connectivity index (χ1) is 22.3. The van der Waals surface area contributed by atoms with Crippen LogP contribution >= 0.6 is 15.9 Å². The summed E-state index contributed by atoms with van der Waals surface area (Å²) in [6.45, 7) is 8.16. The van der Waals surface area contributed by atoms with Gasteiger partial charge in [-0.15, -0.1) is 19.3 Å². The average molecular weight is 727 g/mol. The molecule has 47 heavy (non-hydrogen) atoms. The van der Waals surface area contributed by atoms with E-state index in [4.69, 9.17) is 19.3 Å². The van der Waals surface area contributed by atoms with Crippen LogP contribution < -0.4 is 23.0 Å². The number of terminal acetylenes is 3. The number of nitrogens with one attached hydrogen (secondary N) is 1. The van der Waals surface area contributed by atoms with Gasteiger partial charge in [0.1, 0.15) is 13.2 Å². The number of halogens is 4. The molecular formula is C40H53BrClF2N3. The summed E-state index contributed by atoms with van der Waals surface area (Å²) in [5.41, 5.74) is 3.98. The largest absolute Gasteiger partial charge is 1.00 e. The number of nitrogens with zero attached hydrogens (tertiary/aromatic N) is 1. The van der Waals surface area contributed by atoms with E-state index in [0.717, 1.165) is 25.8 Å². The van der Waals surface area contributed by atoms with Crippen molar-refractivity contribution >= 4 is 15.9 Å². The summed E-state index contributed by atoms with van der Waals surface area (Å²) in [6, 6.07) is 32.4. The van der Waals surface area contributed by atoms with Crippen LogP contribution in [0.25, 0.3) is 0 Å². The van der Waals surface area contributed by atoms with Crippen molar-refractivity contribution in [3.8, 4) is 37.0 Å². The van der Waals surface area contributed by atoms with Crippen molar-refractivity contribution < 1.29 is 26.5 Å². The molecule has 0 spiro atoms. The maximum absolute atomic E-state index is 12.4. The van der Waals surface area contributed by atoms with Crippen LogP contribution in [0.4, 0.5) is 8.78 Å². The fraction of sp³-hybridized carbons (Fsp3) is 0.400. The highest BCUT2D eigenvalue weighted by atomic mass is 79.9. The van der Waals surface area contributed by atoms with Gasteiger partial charge in [-0.1, -0.05) is 119 Å². The van der Waals surface area contributed by atoms with Gasteiger partial charge in [0, 0.05) is 30.4 Å². The minimum absolute atomic E-state index is 0. The highest BCUT2D eigenvalue weighted by molar-refractivity contribution is 9.09. The Labute approximate surface area is 299 Å². The van der Waals surface area contributed by atoms with E-state index in [1.165, 1.54) is 16.7 Å². The number of hydrogen-bond acceptors (Lipinski definition) is 2. The van der Waals surface area contributed by atoms with Gasteiger partial charge in [0.2, 0.25) is 0 Å². The van der Waals surface area contributed by atoms with Crippen molar-refractivity contribution in [1.82, 2.24) is 10.2 Å². The van der Waals surface area contributed by atoms with Crippen LogP contribution in [-0.2, 0) is 19.3 Å². The Kier molecular flexibility index (Phi) is 32.1. The highest BCUT2D eigenvalue weighted by Crippen LogP contribution is 2.08. The molecule has 256 valence electrons. The van der Waals surface area contributed by atoms with Crippen LogP contribution in [0.1, 0.15) is 37.5 Å². The SMILES string of the molecule is C#CCN(CC[18F])[C@@H](C)Cc1ccccc1.C#CCN[C@@H](C)Cc1ccccc1.C#CC[NH2+][C@@H](C)Cc1ccccc1.[18F]CCBr.[Cl-]. The molecule has 0 fully saturated rings. The molecule has 3 nitrogen and oxygen atoms in total. The van der Waals surface area contributed by atoms with E-state index in [0.29, 0.717) is 37.0 Å². The van der Waals surface area contributed by atoms with Gasteiger partial charge in [0.15, 0.2) is 0 Å². The number of rotatable bonds is 15. The Morgan fingerprint density at radius 1 is 0.723 bits per heavy atom. The second-order valence-corrected chi connectivity index (χ2v) is 11.6. The fourth-order valence-electron chi connectivity index (χ4n) is 4.38. The smallest absolute Gasteiger partial charge is 0.137 e. The van der Waals surface area contributed by atoms with E-state index < -0.39 is 0 Å². The first-order valence-electron chi connectivity index (χ1n) is 15.8. The normalized spacial score (nSPS) is 11.5. The van der Waals surface area contributed by atoms with Crippen LogP contribution in [0.15, 0.2) is 91.0 Å². The van der Waals surface area contributed by atoms with Crippen LogP contribution in [0.3, 0.4) is 0 Å². The predicted molar refractivity (Wildman–Crippen MR) is 197 cm³/mol. The number of benzene rings is 3. The second-order valence-electron chi connectivity index (χ2n) is 10.8. The zero-order valence-corrected chi connectivity index (χ0v) is 30.6. The molecule has 0 heterocycles. The molecule has 0 aliphatic carbocycles. The van der Waals surface area contributed by atoms with Crippen LogP contribution in [-0.4, -0.2) is 67.9 Å². The molecule has 7 heteroatoms. The molecule has 0 unspecified atom stereocenters. The quantitative estimate of drug-likeness (QED) is 0.186. The third kappa shape index (κ3) is 26.6. The zero-order valence-electron chi connectivity index (χ0n) is 28.2. The molecule has 0 aromatic heterocycles. The van der Waals surface area contributed by atoms with Crippen molar-refractivity contribution in [2.24, 2.45) is 0 Å². The molecule has 3 rings (SSSR count). The average Bonchev–Trinajstić information content (AvgIpc) is 3.08. The monoisotopic (exact) mass is 725 g/mol. The minimum atomic E-state index is -0.346. The number of quaternary nitrogens is 1. The van der Waals surface area contributed by atoms with Gasteiger partial charge in [-0.2, -0.15) is 0 Å². The van der Waals surface area contributed by atoms with Crippen molar-refractivity contribution in [3.05, 3.63) is 108 Å². The highest BCUT2D eigenvalue weighted by Gasteiger charge is 2.12. The van der Waals surface area contributed by atoms with Gasteiger partial charge in [0.05, 0.1) is 25.8 Å². The van der Waals surface area contributed by atoms with Crippen molar-refractivity contribution in [2.75, 3.05) is 44.9 Å². The summed E-state index contributed by atoms with van der Waals surface area (Å²) in [6.07, 6.45) is 18.6. The molecule has 3 N–H and O–H groups in total. The standard InChI is InChI=1S/C14H18FN.2C12H15N.C2H4BrF.ClH/c1-3-10-16(11-9-15)13(2)12-14-7-5-4-6-8-14;2*1-3-9-13-11(2)10-12-7-5-4-6-8-12;3-1-2-4;/h1,4-8,13H,9-12H2,2H3;2*1,4-8,11,13H,9-10H2,2H3;1-2H2;1H/t13-;2*11-;;/m000../s1/i15-1;;;4-1;. The summed E-state index contributed by atoms with van der Waals surface area (Å²) < 4.78 is 23.0. The van der Waals surface area contributed by atoms with Crippen molar-refractivity contribution in [2.45, 2.75) is 58.2 Å². The maximum atomic E-state index is 12.4. The minimum Gasteiger partial charge on any atom is -1.00 e. The first-order valence-corrected chi connectivity index (χ1v) is 16.9. The molecule has 0 bridgehead atoms. The second kappa shape index (κ2) is 32.8. The molecule has 0 aliphatic rings. The summed E-state index contributed by atoms with van der Waals surface area (Å²) in [4.78, 5) is 1.99. The molecule has 3 atom stereocenters. The Morgan fingerprint density at radius 3 is 1.60 bits per heavy atom. The van der Waals surface area contributed by atoms with E-state index in [-0.39, 0.29) is 31.8 Å². The number of nitrogens with two attached hydrogens (primary N) is 1. The van der Waals surface area contributed by atoms with Gasteiger partial charge >= 0.3 is 0 Å². The molecule has 0 saturated carbocycles. The summed E-state index contributed by atoms with van der Waals surface area (Å²) >= 11 is 2.87. The van der Waals surface area contributed by atoms with Crippen LogP contribution in [0.5, 0.6) is 0 Å². The van der Waals surface area contributed by atoms with Crippen LogP contribution in [0, 0.1) is 37.0 Å². The number of hydrogen-bond donors (Lipinski definition) is 2. The van der Waals surface area contributed by atoms with Crippen LogP contribution in [0.2, 0.25) is 0 Å². The molecule has 0 saturated heterocycles. The Balaban J connectivity index is 0. The molecule has 3 aromatic carbocycles. The lowest BCUT2D eigenvalue weighted by atomic mass is 10.1. The predicted octanol–water partition coefficient (Wildman–Crippen LogP) is 3.53. The van der Waals surface area contributed by atoms with E-state index in [9.17, 15) is 8.78 Å². The van der Waals surface area contributed by atoms with Gasteiger partial charge < -0.3 is 23.0 Å². The Hall–Kier alpha value is -3.15. The Morgan fingerprint density at radius 2 is 1.19 bits per heavy atom. The van der Waals surface area contributed by atoms with Gasteiger partial charge in [0.25, 0.3) is 0 Å². The van der Waals surface area contributed by atoms with E-state index in [2.05, 4.69) is 126 Å². The summed E-state index contributed by atoms with van der Waals surface area (Å²) in [5.74, 6) is 7.78. The molecule has 0 aliphatic heterocycles. The van der Waals surface area contributed by atoms with Gasteiger partial charge in [-0.05, 0) is 56.2 Å². The zero-order chi connectivity index (χ0) is 34.3. The topological polar surface area (TPSA) is 31.9 Å². The molecular weight excluding hydrogens is 674 g/mol. The summed E-state index contributed by atoms with van der Waals surface area (Å²) in [7, 11) is 0. The van der Waals surface area contributed by atoms with E-state index in [1.807, 2.05) is 35.2 Å². The van der Waals surface area contributed by atoms with Crippen molar-refractivity contribution in [1.29, 1.82) is 0 Å².